The van der Waals surface area contributed by atoms with Crippen LogP contribution in [0, 0.1) is 24.7 Å². The molecule has 0 fully saturated rings. The summed E-state index contributed by atoms with van der Waals surface area (Å²) in [5.74, 6) is 5.56. The minimum Gasteiger partial charge on any atom is -1.00 e. The summed E-state index contributed by atoms with van der Waals surface area (Å²) in [5, 5.41) is 0. The average Bonchev–Trinajstić information content (AvgIpc) is 2.55. The Hall–Kier alpha value is 0. The molecule has 0 amide bonds. The van der Waals surface area contributed by atoms with Gasteiger partial charge in [0.15, 0.2) is 0 Å². The lowest BCUT2D eigenvalue weighted by atomic mass is 10.0. The van der Waals surface area contributed by atoms with E-state index >= 15 is 0 Å². The molecule has 4 heteroatoms. The molecule has 0 spiro atoms. The molecule has 2 nitrogen and oxygen atoms in total. The van der Waals surface area contributed by atoms with Gasteiger partial charge in [-0.15, -0.1) is 12.8 Å². The average molecular weight is 522 g/mol. The van der Waals surface area contributed by atoms with E-state index in [1.54, 1.807) is 0 Å². The first-order valence-corrected chi connectivity index (χ1v) is 10.8. The van der Waals surface area contributed by atoms with Crippen LogP contribution in [0.1, 0.15) is 77.0 Å². The molecule has 28 heavy (non-hydrogen) atoms. The fraction of sp³-hybridized carbons (Fsp3) is 0.833. The van der Waals surface area contributed by atoms with Gasteiger partial charge in [0, 0.05) is 0 Å². The number of halogens is 2. The normalized spacial score (nSPS) is 11.1. The summed E-state index contributed by atoms with van der Waals surface area (Å²) >= 11 is 0. The van der Waals surface area contributed by atoms with E-state index < -0.39 is 0 Å². The van der Waals surface area contributed by atoms with E-state index in [0.29, 0.717) is 0 Å². The summed E-state index contributed by atoms with van der Waals surface area (Å²) in [7, 11) is 8.93. The number of unbranched alkanes of at least 4 members (excludes halogenated alkanes) is 11. The maximum Gasteiger partial charge on any atom is 0.140 e. The third-order valence-electron chi connectivity index (χ3n) is 5.32. The molecule has 0 radical (unpaired) electrons. The third kappa shape index (κ3) is 22.3. The minimum absolute atomic E-state index is 0. The number of hydrogen-bond acceptors (Lipinski definition) is 0. The molecule has 0 aromatic carbocycles. The molecule has 0 aliphatic carbocycles. The van der Waals surface area contributed by atoms with Crippen LogP contribution >= 0.6 is 0 Å². The second kappa shape index (κ2) is 20.3. The summed E-state index contributed by atoms with van der Waals surface area (Å²) in [6.07, 6.45) is 27.4. The lowest BCUT2D eigenvalue weighted by Gasteiger charge is -2.27. The van der Waals surface area contributed by atoms with Crippen molar-refractivity contribution in [3.8, 4) is 24.7 Å². The van der Waals surface area contributed by atoms with Crippen LogP contribution in [-0.4, -0.2) is 63.3 Å². The standard InChI is InChI=1S/C24H46N2.2BrH/c1-7-21-25(3,4)23-19-17-15-13-11-9-10-12-14-16-18-20-24-26(5,6)22-8-2;;/h1-2H,9-24H2,3-6H3;2*1H/q+2;;/p-2. The lowest BCUT2D eigenvalue weighted by molar-refractivity contribution is -0.883. The highest BCUT2D eigenvalue weighted by Gasteiger charge is 2.12. The number of hydrogen-bond donors (Lipinski definition) is 0. The van der Waals surface area contributed by atoms with Crippen molar-refractivity contribution in [3.63, 3.8) is 0 Å². The van der Waals surface area contributed by atoms with Crippen LogP contribution in [0.5, 0.6) is 0 Å². The SMILES string of the molecule is C#CC[N+](C)(C)CCCCCCCCCCCCCC[N+](C)(C)CC#C.[Br-].[Br-]. The van der Waals surface area contributed by atoms with Gasteiger partial charge in [-0.3, -0.25) is 0 Å². The molecular formula is C24H46Br2N2. The van der Waals surface area contributed by atoms with Crippen LogP contribution in [0.25, 0.3) is 0 Å². The van der Waals surface area contributed by atoms with E-state index in [9.17, 15) is 0 Å². The molecule has 0 unspecified atom stereocenters. The predicted molar refractivity (Wildman–Crippen MR) is 117 cm³/mol. The Morgan fingerprint density at radius 3 is 0.893 bits per heavy atom. The van der Waals surface area contributed by atoms with Crippen LogP contribution in [0.4, 0.5) is 0 Å². The van der Waals surface area contributed by atoms with Gasteiger partial charge in [0.05, 0.1) is 41.3 Å². The first-order valence-electron chi connectivity index (χ1n) is 10.8. The van der Waals surface area contributed by atoms with Crippen LogP contribution in [0.2, 0.25) is 0 Å². The molecule has 0 saturated carbocycles. The van der Waals surface area contributed by atoms with Gasteiger partial charge in [0.25, 0.3) is 0 Å². The molecule has 0 heterocycles. The van der Waals surface area contributed by atoms with Gasteiger partial charge in [0.2, 0.25) is 0 Å². The summed E-state index contributed by atoms with van der Waals surface area (Å²) < 4.78 is 1.94. The second-order valence-electron chi connectivity index (χ2n) is 9.29. The maximum absolute atomic E-state index is 5.41. The Morgan fingerprint density at radius 2 is 0.679 bits per heavy atom. The highest BCUT2D eigenvalue weighted by atomic mass is 79.9. The zero-order valence-corrected chi connectivity index (χ0v) is 22.3. The van der Waals surface area contributed by atoms with E-state index in [1.165, 1.54) is 90.1 Å². The fourth-order valence-electron chi connectivity index (χ4n) is 3.50. The number of quaternary nitrogens is 2. The van der Waals surface area contributed by atoms with Crippen LogP contribution in [0.3, 0.4) is 0 Å². The monoisotopic (exact) mass is 520 g/mol. The van der Waals surface area contributed by atoms with Crippen LogP contribution in [-0.2, 0) is 0 Å². The number of rotatable bonds is 17. The zero-order chi connectivity index (χ0) is 19.7. The quantitative estimate of drug-likeness (QED) is 0.132. The van der Waals surface area contributed by atoms with Crippen molar-refractivity contribution < 1.29 is 42.9 Å². The van der Waals surface area contributed by atoms with Gasteiger partial charge in [-0.25, -0.2) is 0 Å². The Balaban J connectivity index is -0.00000312. The molecule has 0 atom stereocenters. The second-order valence-corrected chi connectivity index (χ2v) is 9.29. The van der Waals surface area contributed by atoms with Crippen LogP contribution in [0.15, 0.2) is 0 Å². The van der Waals surface area contributed by atoms with Gasteiger partial charge in [-0.05, 0) is 37.5 Å². The lowest BCUT2D eigenvalue weighted by Crippen LogP contribution is -3.00. The topological polar surface area (TPSA) is 0 Å². The van der Waals surface area contributed by atoms with Crippen molar-refractivity contribution in [2.45, 2.75) is 77.0 Å². The van der Waals surface area contributed by atoms with Crippen molar-refractivity contribution in [2.75, 3.05) is 54.4 Å². The molecule has 0 bridgehead atoms. The van der Waals surface area contributed by atoms with E-state index in [4.69, 9.17) is 12.8 Å². The number of nitrogens with zero attached hydrogens (tertiary/aromatic N) is 2. The number of terminal acetylenes is 2. The van der Waals surface area contributed by atoms with Gasteiger partial charge < -0.3 is 42.9 Å². The highest BCUT2D eigenvalue weighted by molar-refractivity contribution is 4.83. The Labute approximate surface area is 198 Å². The van der Waals surface area contributed by atoms with Crippen molar-refractivity contribution >= 4 is 0 Å². The minimum atomic E-state index is 0. The molecule has 166 valence electrons. The van der Waals surface area contributed by atoms with Crippen molar-refractivity contribution in [1.82, 2.24) is 0 Å². The Kier molecular flexibility index (Phi) is 23.7. The molecule has 0 saturated heterocycles. The summed E-state index contributed by atoms with van der Waals surface area (Å²) in [6, 6.07) is 0. The largest absolute Gasteiger partial charge is 1.00 e. The van der Waals surface area contributed by atoms with E-state index in [2.05, 4.69) is 40.0 Å². The summed E-state index contributed by atoms with van der Waals surface area (Å²) in [4.78, 5) is 0. The first-order chi connectivity index (χ1) is 12.3. The fourth-order valence-corrected chi connectivity index (χ4v) is 3.50. The molecule has 0 N–H and O–H groups in total. The molecule has 0 rings (SSSR count). The van der Waals surface area contributed by atoms with E-state index in [0.717, 1.165) is 22.1 Å². The molecular weight excluding hydrogens is 476 g/mol. The molecule has 0 aromatic rings. The summed E-state index contributed by atoms with van der Waals surface area (Å²) in [5.41, 5.74) is 0. The Bertz CT molecular complexity index is 379. The van der Waals surface area contributed by atoms with Gasteiger partial charge >= 0.3 is 0 Å². The maximum atomic E-state index is 5.41. The first kappa shape index (κ1) is 32.7. The van der Waals surface area contributed by atoms with Gasteiger partial charge in [0.1, 0.15) is 13.1 Å². The third-order valence-corrected chi connectivity index (χ3v) is 5.32. The van der Waals surface area contributed by atoms with E-state index in [-0.39, 0.29) is 34.0 Å². The van der Waals surface area contributed by atoms with Gasteiger partial charge in [-0.1, -0.05) is 51.4 Å². The molecule has 0 aliphatic rings. The van der Waals surface area contributed by atoms with Crippen molar-refractivity contribution in [2.24, 2.45) is 0 Å². The van der Waals surface area contributed by atoms with Crippen molar-refractivity contribution in [1.29, 1.82) is 0 Å². The highest BCUT2D eigenvalue weighted by Crippen LogP contribution is 2.13. The molecule has 0 aliphatic heterocycles. The predicted octanol–water partition coefficient (Wildman–Crippen LogP) is -0.905. The van der Waals surface area contributed by atoms with Crippen molar-refractivity contribution in [3.05, 3.63) is 0 Å². The van der Waals surface area contributed by atoms with Crippen LogP contribution < -0.4 is 34.0 Å². The van der Waals surface area contributed by atoms with Gasteiger partial charge in [-0.2, -0.15) is 0 Å². The smallest absolute Gasteiger partial charge is 0.140 e. The van der Waals surface area contributed by atoms with E-state index in [1.807, 2.05) is 0 Å². The Morgan fingerprint density at radius 1 is 0.464 bits per heavy atom. The summed E-state index contributed by atoms with van der Waals surface area (Å²) in [6.45, 7) is 4.12. The zero-order valence-electron chi connectivity index (χ0n) is 19.1. The molecule has 0 aromatic heterocycles.